The molecule has 4 rings (SSSR count). The van der Waals surface area contributed by atoms with Gasteiger partial charge in [0.2, 0.25) is 0 Å². The van der Waals surface area contributed by atoms with Gasteiger partial charge in [-0.3, -0.25) is 18.9 Å². The van der Waals surface area contributed by atoms with Crippen LogP contribution in [0.3, 0.4) is 0 Å². The standard InChI is InChI=1S/C19H19N2O8P/c1-3-12-9-21(18(23)20-17(12)22)16-7-6-15(27-16)19(24,25)29-30-26-10-13-8-11(2)4-5-14(13)28-30/h1,4-5,8-9,15-16,24-25H,6-7,10H2,2H3,(H,20,22,23). The van der Waals surface area contributed by atoms with Crippen LogP contribution in [0.15, 0.2) is 34.0 Å². The van der Waals surface area contributed by atoms with Crippen molar-refractivity contribution in [3.63, 3.8) is 0 Å². The number of hydrogen-bond donors (Lipinski definition) is 3. The molecule has 3 unspecified atom stereocenters. The molecule has 3 N–H and O–H groups in total. The normalized spacial score (nSPS) is 23.5. The summed E-state index contributed by atoms with van der Waals surface area (Å²) in [5, 5.41) is 20.8. The predicted molar refractivity (Wildman–Crippen MR) is 104 cm³/mol. The molecule has 2 aliphatic rings. The molecule has 0 spiro atoms. The molecule has 3 heterocycles. The minimum Gasteiger partial charge on any atom is -0.426 e. The summed E-state index contributed by atoms with van der Waals surface area (Å²) < 4.78 is 23.0. The lowest BCUT2D eigenvalue weighted by molar-refractivity contribution is -0.346. The summed E-state index contributed by atoms with van der Waals surface area (Å²) in [6.07, 6.45) is 4.82. The van der Waals surface area contributed by atoms with Crippen LogP contribution in [0.2, 0.25) is 0 Å². The van der Waals surface area contributed by atoms with Crippen molar-refractivity contribution in [3.05, 3.63) is 61.9 Å². The van der Waals surface area contributed by atoms with Gasteiger partial charge in [-0.2, -0.15) is 0 Å². The van der Waals surface area contributed by atoms with Crippen molar-refractivity contribution in [2.24, 2.45) is 0 Å². The van der Waals surface area contributed by atoms with Gasteiger partial charge in [0.05, 0.1) is 6.61 Å². The average Bonchev–Trinajstić information content (AvgIpc) is 3.19. The van der Waals surface area contributed by atoms with Crippen molar-refractivity contribution in [1.29, 1.82) is 0 Å². The summed E-state index contributed by atoms with van der Waals surface area (Å²) in [6, 6.07) is 5.53. The highest BCUT2D eigenvalue weighted by Crippen LogP contribution is 2.50. The van der Waals surface area contributed by atoms with Crippen LogP contribution < -0.4 is 15.8 Å². The lowest BCUT2D eigenvalue weighted by Gasteiger charge is -2.32. The molecule has 1 aromatic carbocycles. The van der Waals surface area contributed by atoms with Gasteiger partial charge in [-0.05, 0) is 25.8 Å². The number of fused-ring (bicyclic) bond motifs is 1. The molecule has 0 bridgehead atoms. The first-order valence-corrected chi connectivity index (χ1v) is 10.2. The molecule has 0 amide bonds. The zero-order valence-corrected chi connectivity index (χ0v) is 16.8. The maximum absolute atomic E-state index is 12.1. The van der Waals surface area contributed by atoms with E-state index in [1.54, 1.807) is 6.07 Å². The second-order valence-corrected chi connectivity index (χ2v) is 8.03. The minimum atomic E-state index is -2.72. The number of aromatic nitrogens is 2. The molecule has 1 aromatic heterocycles. The number of hydrogen-bond acceptors (Lipinski definition) is 8. The zero-order valence-electron chi connectivity index (χ0n) is 15.9. The van der Waals surface area contributed by atoms with E-state index in [0.717, 1.165) is 15.7 Å². The van der Waals surface area contributed by atoms with Crippen molar-refractivity contribution < 1.29 is 28.5 Å². The van der Waals surface area contributed by atoms with Gasteiger partial charge in [-0.25, -0.2) is 9.32 Å². The number of ether oxygens (including phenoxy) is 1. The lowest BCUT2D eigenvalue weighted by Crippen LogP contribution is -2.44. The Kier molecular flexibility index (Phi) is 5.51. The monoisotopic (exact) mass is 434 g/mol. The summed E-state index contributed by atoms with van der Waals surface area (Å²) in [4.78, 5) is 25.8. The van der Waals surface area contributed by atoms with Crippen LogP contribution >= 0.6 is 8.60 Å². The van der Waals surface area contributed by atoms with E-state index in [2.05, 4.69) is 10.9 Å². The van der Waals surface area contributed by atoms with E-state index in [9.17, 15) is 19.8 Å². The Labute approximate surface area is 172 Å². The number of benzene rings is 1. The van der Waals surface area contributed by atoms with Gasteiger partial charge < -0.3 is 19.5 Å². The molecule has 0 aliphatic carbocycles. The number of terminal acetylenes is 1. The van der Waals surface area contributed by atoms with E-state index in [-0.39, 0.29) is 25.0 Å². The summed E-state index contributed by atoms with van der Waals surface area (Å²) in [5.41, 5.74) is 0.432. The molecular weight excluding hydrogens is 415 g/mol. The third kappa shape index (κ3) is 4.04. The molecular formula is C19H19N2O8P. The van der Waals surface area contributed by atoms with Crippen LogP contribution in [-0.4, -0.2) is 31.8 Å². The Balaban J connectivity index is 1.45. The SMILES string of the molecule is C#Cc1cn(C2CCC(C(O)(O)OP3OCc4cc(C)ccc4O3)O2)c(=O)[nH]c1=O. The number of aliphatic hydroxyl groups is 2. The molecule has 2 aliphatic heterocycles. The van der Waals surface area contributed by atoms with Crippen molar-refractivity contribution in [3.8, 4) is 18.1 Å². The first kappa shape index (κ1) is 20.8. The number of aromatic amines is 1. The van der Waals surface area contributed by atoms with Gasteiger partial charge in [-0.15, -0.1) is 6.42 Å². The van der Waals surface area contributed by atoms with E-state index in [1.165, 1.54) is 6.20 Å². The van der Waals surface area contributed by atoms with Crippen LogP contribution in [0.1, 0.15) is 35.8 Å². The maximum atomic E-state index is 12.1. The summed E-state index contributed by atoms with van der Waals surface area (Å²) in [5.74, 6) is 0.00393. The molecule has 1 fully saturated rings. The topological polar surface area (TPSA) is 132 Å². The Morgan fingerprint density at radius 2 is 2.17 bits per heavy atom. The smallest absolute Gasteiger partial charge is 0.402 e. The fourth-order valence-corrected chi connectivity index (χ4v) is 4.32. The molecule has 0 saturated carbocycles. The average molecular weight is 434 g/mol. The molecule has 30 heavy (non-hydrogen) atoms. The first-order chi connectivity index (χ1) is 14.3. The largest absolute Gasteiger partial charge is 0.426 e. The Hall–Kier alpha value is -2.51. The molecule has 3 atom stereocenters. The van der Waals surface area contributed by atoms with E-state index in [1.807, 2.05) is 19.1 Å². The fourth-order valence-electron chi connectivity index (χ4n) is 3.26. The number of nitrogens with zero attached hydrogens (tertiary/aromatic N) is 1. The number of H-pyrrole nitrogens is 1. The van der Waals surface area contributed by atoms with Gasteiger partial charge in [0.25, 0.3) is 5.56 Å². The Morgan fingerprint density at radius 1 is 1.37 bits per heavy atom. The Morgan fingerprint density at radius 3 is 2.93 bits per heavy atom. The Bertz CT molecular complexity index is 1120. The number of nitrogens with one attached hydrogen (secondary N) is 1. The van der Waals surface area contributed by atoms with Crippen molar-refractivity contribution in [2.45, 2.75) is 44.7 Å². The highest BCUT2D eigenvalue weighted by Gasteiger charge is 2.47. The summed E-state index contributed by atoms with van der Waals surface area (Å²) in [7, 11) is -2.08. The van der Waals surface area contributed by atoms with Gasteiger partial charge in [0, 0.05) is 11.8 Å². The van der Waals surface area contributed by atoms with Crippen molar-refractivity contribution in [2.75, 3.05) is 0 Å². The fraction of sp³-hybridized carbons (Fsp3) is 0.368. The van der Waals surface area contributed by atoms with E-state index >= 15 is 0 Å². The van der Waals surface area contributed by atoms with Crippen LogP contribution in [0.5, 0.6) is 5.75 Å². The predicted octanol–water partition coefficient (Wildman–Crippen LogP) is 0.995. The van der Waals surface area contributed by atoms with E-state index in [0.29, 0.717) is 5.75 Å². The zero-order chi connectivity index (χ0) is 21.5. The second-order valence-electron chi connectivity index (χ2n) is 6.96. The summed E-state index contributed by atoms with van der Waals surface area (Å²) >= 11 is 0. The molecule has 2 aromatic rings. The van der Waals surface area contributed by atoms with Crippen LogP contribution in [0.25, 0.3) is 0 Å². The highest BCUT2D eigenvalue weighted by molar-refractivity contribution is 7.42. The van der Waals surface area contributed by atoms with Gasteiger partial charge >= 0.3 is 20.3 Å². The molecule has 158 valence electrons. The quantitative estimate of drug-likeness (QED) is 0.369. The van der Waals surface area contributed by atoms with E-state index < -0.39 is 38.2 Å². The molecule has 10 nitrogen and oxygen atoms in total. The van der Waals surface area contributed by atoms with Gasteiger partial charge in [0.15, 0.2) is 0 Å². The van der Waals surface area contributed by atoms with Crippen LogP contribution in [0.4, 0.5) is 0 Å². The highest BCUT2D eigenvalue weighted by atomic mass is 31.2. The molecule has 0 radical (unpaired) electrons. The van der Waals surface area contributed by atoms with Crippen molar-refractivity contribution in [1.82, 2.24) is 9.55 Å². The van der Waals surface area contributed by atoms with Crippen molar-refractivity contribution >= 4 is 8.60 Å². The van der Waals surface area contributed by atoms with Gasteiger partial charge in [0.1, 0.15) is 23.6 Å². The molecule has 11 heteroatoms. The number of aryl methyl sites for hydroxylation is 1. The third-order valence-corrected chi connectivity index (χ3v) is 5.88. The van der Waals surface area contributed by atoms with E-state index in [4.69, 9.17) is 24.7 Å². The lowest BCUT2D eigenvalue weighted by atomic mass is 10.1. The maximum Gasteiger partial charge on any atom is 0.402 e. The minimum absolute atomic E-state index is 0.0430. The van der Waals surface area contributed by atoms with Crippen LogP contribution in [-0.2, 0) is 20.4 Å². The number of rotatable bonds is 4. The third-order valence-electron chi connectivity index (χ3n) is 4.77. The van der Waals surface area contributed by atoms with Gasteiger partial charge in [-0.1, -0.05) is 23.6 Å². The van der Waals surface area contributed by atoms with Crippen LogP contribution in [0, 0.1) is 19.3 Å². The second kappa shape index (κ2) is 7.96. The molecule has 1 saturated heterocycles. The first-order valence-electron chi connectivity index (χ1n) is 9.09. The summed E-state index contributed by atoms with van der Waals surface area (Å²) in [6.45, 7) is 2.14.